The smallest absolute Gasteiger partial charge is 0.262 e. The van der Waals surface area contributed by atoms with Gasteiger partial charge >= 0.3 is 0 Å². The normalized spacial score (nSPS) is 16.9. The van der Waals surface area contributed by atoms with Gasteiger partial charge in [0.15, 0.2) is 5.75 Å². The van der Waals surface area contributed by atoms with E-state index < -0.39 is 10.0 Å². The molecule has 0 radical (unpaired) electrons. The van der Waals surface area contributed by atoms with Crippen LogP contribution in [0.1, 0.15) is 23.2 Å². The van der Waals surface area contributed by atoms with E-state index in [1.165, 1.54) is 12.1 Å². The first-order chi connectivity index (χ1) is 20.8. The highest BCUT2D eigenvalue weighted by molar-refractivity contribution is 7.92. The number of morpholine rings is 1. The third-order valence-corrected chi connectivity index (χ3v) is 9.71. The van der Waals surface area contributed by atoms with E-state index in [4.69, 9.17) is 32.7 Å². The van der Waals surface area contributed by atoms with Gasteiger partial charge in [-0.1, -0.05) is 35.3 Å². The van der Waals surface area contributed by atoms with E-state index in [-0.39, 0.29) is 16.5 Å². The van der Waals surface area contributed by atoms with Gasteiger partial charge in [-0.25, -0.2) is 8.42 Å². The van der Waals surface area contributed by atoms with Crippen LogP contribution in [0.5, 0.6) is 11.5 Å². The van der Waals surface area contributed by atoms with Crippen molar-refractivity contribution in [1.29, 1.82) is 0 Å². The summed E-state index contributed by atoms with van der Waals surface area (Å²) in [5, 5.41) is 0.710. The van der Waals surface area contributed by atoms with Gasteiger partial charge in [0.25, 0.3) is 15.9 Å². The highest BCUT2D eigenvalue weighted by atomic mass is 35.5. The topological polar surface area (TPSA) is 91.4 Å². The lowest BCUT2D eigenvalue weighted by Gasteiger charge is -2.28. The molecule has 43 heavy (non-hydrogen) atoms. The minimum Gasteiger partial charge on any atom is -0.455 e. The quantitative estimate of drug-likeness (QED) is 0.313. The molecule has 0 spiro atoms. The Morgan fingerprint density at radius 1 is 0.837 bits per heavy atom. The molecule has 3 aromatic rings. The van der Waals surface area contributed by atoms with Gasteiger partial charge in [-0.2, -0.15) is 0 Å². The van der Waals surface area contributed by atoms with Gasteiger partial charge in [0.1, 0.15) is 5.75 Å². The summed E-state index contributed by atoms with van der Waals surface area (Å²) in [6, 6.07) is 17.5. The van der Waals surface area contributed by atoms with Gasteiger partial charge in [0, 0.05) is 44.4 Å². The Kier molecular flexibility index (Phi) is 10.8. The first-order valence-corrected chi connectivity index (χ1v) is 16.7. The average molecular weight is 648 g/mol. The van der Waals surface area contributed by atoms with E-state index in [9.17, 15) is 13.2 Å². The number of nitrogens with one attached hydrogen (secondary N) is 1. The summed E-state index contributed by atoms with van der Waals surface area (Å²) >= 11 is 12.1. The Hall–Kier alpha value is -2.86. The molecule has 0 aromatic heterocycles. The van der Waals surface area contributed by atoms with Crippen LogP contribution in [0.15, 0.2) is 71.6 Å². The summed E-state index contributed by atoms with van der Waals surface area (Å²) < 4.78 is 40.4. The summed E-state index contributed by atoms with van der Waals surface area (Å²) in [4.78, 5) is 20.1. The molecule has 2 fully saturated rings. The van der Waals surface area contributed by atoms with Crippen molar-refractivity contribution < 1.29 is 22.7 Å². The largest absolute Gasteiger partial charge is 0.455 e. The molecule has 0 saturated carbocycles. The number of hydrogen-bond donors (Lipinski definition) is 1. The number of carbonyl (C=O) groups excluding carboxylic acids is 1. The number of sulfonamides is 1. The highest BCUT2D eigenvalue weighted by Crippen LogP contribution is 2.34. The zero-order valence-corrected chi connectivity index (χ0v) is 26.2. The van der Waals surface area contributed by atoms with Crippen molar-refractivity contribution in [3.63, 3.8) is 0 Å². The molecule has 3 aromatic carbocycles. The summed E-state index contributed by atoms with van der Waals surface area (Å²) in [6.07, 6.45) is 2.01. The van der Waals surface area contributed by atoms with E-state index in [0.717, 1.165) is 65.3 Å². The lowest BCUT2D eigenvalue weighted by molar-refractivity contribution is 0.0361. The molecular weight excluding hydrogens is 611 g/mol. The monoisotopic (exact) mass is 646 g/mol. The van der Waals surface area contributed by atoms with Crippen LogP contribution in [-0.4, -0.2) is 94.6 Å². The molecule has 9 nitrogen and oxygen atoms in total. The molecule has 2 aliphatic heterocycles. The maximum absolute atomic E-state index is 13.3. The fourth-order valence-corrected chi connectivity index (χ4v) is 6.57. The molecule has 2 saturated heterocycles. The lowest BCUT2D eigenvalue weighted by Crippen LogP contribution is -2.39. The maximum atomic E-state index is 13.3. The summed E-state index contributed by atoms with van der Waals surface area (Å²) in [6.45, 7) is 8.83. The van der Waals surface area contributed by atoms with Gasteiger partial charge in [-0.3, -0.25) is 14.4 Å². The Balaban J connectivity index is 1.17. The Labute approximate surface area is 263 Å². The average Bonchev–Trinajstić information content (AvgIpc) is 3.26. The second kappa shape index (κ2) is 14.7. The van der Waals surface area contributed by atoms with E-state index in [1.54, 1.807) is 54.6 Å². The molecule has 2 heterocycles. The van der Waals surface area contributed by atoms with E-state index in [1.807, 2.05) is 4.90 Å². The van der Waals surface area contributed by atoms with Crippen LogP contribution in [0.4, 0.5) is 5.69 Å². The number of amides is 1. The Morgan fingerprint density at radius 3 is 2.30 bits per heavy atom. The Bertz CT molecular complexity index is 1500. The molecule has 5 rings (SSSR count). The van der Waals surface area contributed by atoms with Crippen LogP contribution in [0, 0.1) is 0 Å². The first-order valence-electron chi connectivity index (χ1n) is 14.4. The van der Waals surface area contributed by atoms with E-state index in [0.29, 0.717) is 40.2 Å². The van der Waals surface area contributed by atoms with Crippen molar-refractivity contribution in [2.24, 2.45) is 0 Å². The molecule has 0 aliphatic carbocycles. The molecule has 1 N–H and O–H groups in total. The van der Waals surface area contributed by atoms with Crippen LogP contribution in [0.25, 0.3) is 0 Å². The van der Waals surface area contributed by atoms with Crippen molar-refractivity contribution in [3.05, 3.63) is 82.3 Å². The van der Waals surface area contributed by atoms with Crippen LogP contribution in [0.3, 0.4) is 0 Å². The fourth-order valence-electron chi connectivity index (χ4n) is 5.21. The zero-order chi connectivity index (χ0) is 30.2. The number of para-hydroxylation sites is 2. The number of carbonyl (C=O) groups is 1. The fraction of sp³-hybridized carbons (Fsp3) is 0.387. The van der Waals surface area contributed by atoms with Crippen molar-refractivity contribution in [2.75, 3.05) is 70.3 Å². The van der Waals surface area contributed by atoms with Crippen molar-refractivity contribution in [1.82, 2.24) is 14.7 Å². The predicted octanol–water partition coefficient (Wildman–Crippen LogP) is 5.46. The number of benzene rings is 3. The van der Waals surface area contributed by atoms with Gasteiger partial charge in [-0.15, -0.1) is 0 Å². The molecule has 12 heteroatoms. The predicted molar refractivity (Wildman–Crippen MR) is 169 cm³/mol. The minimum absolute atomic E-state index is 0.0377. The third-order valence-electron chi connectivity index (χ3n) is 7.59. The standard InChI is InChI=1S/C31H36Cl2N4O5S/c32-27-12-9-25(23-28(27)33)42-30-6-2-1-5-29(30)34-43(39,40)26-10-7-24(8-11-26)31(38)37-16-4-15-35(17-18-37)13-3-14-36-19-21-41-22-20-36/h1-2,5-12,23,34H,3-4,13-22H2. The van der Waals surface area contributed by atoms with Crippen molar-refractivity contribution in [3.8, 4) is 11.5 Å². The van der Waals surface area contributed by atoms with Gasteiger partial charge in [0.05, 0.1) is 33.8 Å². The summed E-state index contributed by atoms with van der Waals surface area (Å²) in [7, 11) is -3.96. The highest BCUT2D eigenvalue weighted by Gasteiger charge is 2.22. The second-order valence-corrected chi connectivity index (χ2v) is 13.1. The maximum Gasteiger partial charge on any atom is 0.262 e. The molecule has 0 unspecified atom stereocenters. The summed E-state index contributed by atoms with van der Waals surface area (Å²) in [5.74, 6) is 0.619. The number of hydrogen-bond acceptors (Lipinski definition) is 7. The number of nitrogens with zero attached hydrogens (tertiary/aromatic N) is 3. The van der Waals surface area contributed by atoms with Crippen LogP contribution in [0.2, 0.25) is 10.0 Å². The number of halogens is 2. The van der Waals surface area contributed by atoms with Crippen LogP contribution < -0.4 is 9.46 Å². The lowest BCUT2D eigenvalue weighted by atomic mass is 10.2. The Morgan fingerprint density at radius 2 is 1.56 bits per heavy atom. The van der Waals surface area contributed by atoms with Gasteiger partial charge in [-0.05, 0) is 81.0 Å². The second-order valence-electron chi connectivity index (χ2n) is 10.6. The zero-order valence-electron chi connectivity index (χ0n) is 23.9. The molecular formula is C31H36Cl2N4O5S. The van der Waals surface area contributed by atoms with Crippen molar-refractivity contribution in [2.45, 2.75) is 17.7 Å². The van der Waals surface area contributed by atoms with Crippen LogP contribution >= 0.6 is 23.2 Å². The number of rotatable bonds is 10. The summed E-state index contributed by atoms with van der Waals surface area (Å²) in [5.41, 5.74) is 0.718. The SMILES string of the molecule is O=C(c1ccc(S(=O)(=O)Nc2ccccc2Oc2ccc(Cl)c(Cl)c2)cc1)N1CCCN(CCCN2CCOCC2)CC1. The molecule has 0 bridgehead atoms. The van der Waals surface area contributed by atoms with Gasteiger partial charge in [0.2, 0.25) is 0 Å². The van der Waals surface area contributed by atoms with E-state index in [2.05, 4.69) is 14.5 Å². The molecule has 1 amide bonds. The minimum atomic E-state index is -3.96. The first kappa shape index (κ1) is 31.6. The molecule has 2 aliphatic rings. The van der Waals surface area contributed by atoms with Crippen molar-refractivity contribution >= 4 is 44.8 Å². The molecule has 0 atom stereocenters. The third kappa shape index (κ3) is 8.62. The van der Waals surface area contributed by atoms with Crippen LogP contribution in [-0.2, 0) is 14.8 Å². The molecule has 230 valence electrons. The number of ether oxygens (including phenoxy) is 2. The number of anilines is 1. The van der Waals surface area contributed by atoms with Gasteiger partial charge < -0.3 is 19.3 Å². The van der Waals surface area contributed by atoms with E-state index >= 15 is 0 Å².